The number of hydrogen-bond acceptors (Lipinski definition) is 2. The highest BCUT2D eigenvalue weighted by molar-refractivity contribution is 4.97. The normalized spacial score (nSPS) is 37.8. The van der Waals surface area contributed by atoms with Gasteiger partial charge in [0.25, 0.3) is 0 Å². The first-order chi connectivity index (χ1) is 5.87. The van der Waals surface area contributed by atoms with Crippen molar-refractivity contribution in [3.8, 4) is 0 Å². The van der Waals surface area contributed by atoms with Crippen molar-refractivity contribution in [3.63, 3.8) is 0 Å². The lowest BCUT2D eigenvalue weighted by Crippen LogP contribution is -2.61. The van der Waals surface area contributed by atoms with Crippen LogP contribution in [0.15, 0.2) is 0 Å². The van der Waals surface area contributed by atoms with Gasteiger partial charge in [0, 0.05) is 12.1 Å². The minimum absolute atomic E-state index is 0.538. The van der Waals surface area contributed by atoms with E-state index in [0.717, 1.165) is 0 Å². The summed E-state index contributed by atoms with van der Waals surface area (Å²) >= 11 is 0. The molecule has 2 nitrogen and oxygen atoms in total. The molecule has 0 aromatic rings. The van der Waals surface area contributed by atoms with Crippen LogP contribution >= 0.6 is 0 Å². The summed E-state index contributed by atoms with van der Waals surface area (Å²) in [6.45, 7) is 7.48. The molecule has 2 rings (SSSR count). The molecule has 1 atom stereocenters. The molecule has 2 fully saturated rings. The van der Waals surface area contributed by atoms with E-state index in [4.69, 9.17) is 0 Å². The van der Waals surface area contributed by atoms with Gasteiger partial charge in [0.2, 0.25) is 0 Å². The lowest BCUT2D eigenvalue weighted by Gasteiger charge is -2.51. The monoisotopic (exact) mass is 168 g/mol. The fraction of sp³-hybridized carbons (Fsp3) is 1.00. The summed E-state index contributed by atoms with van der Waals surface area (Å²) in [7, 11) is 0. The topological polar surface area (TPSA) is 15.3 Å². The SMILES string of the molecule is CCC1(N2CCC2)CCCNC1. The third kappa shape index (κ3) is 1.27. The molecule has 0 aromatic heterocycles. The van der Waals surface area contributed by atoms with Gasteiger partial charge in [-0.3, -0.25) is 4.90 Å². The standard InChI is InChI=1S/C10H20N2/c1-2-10(12-7-4-8-12)5-3-6-11-9-10/h11H,2-9H2,1H3. The summed E-state index contributed by atoms with van der Waals surface area (Å²) in [4.78, 5) is 2.68. The predicted octanol–water partition coefficient (Wildman–Crippen LogP) is 1.22. The Balaban J connectivity index is 2.00. The molecule has 0 aliphatic carbocycles. The predicted molar refractivity (Wildman–Crippen MR) is 51.3 cm³/mol. The molecule has 70 valence electrons. The summed E-state index contributed by atoms with van der Waals surface area (Å²) in [5, 5.41) is 3.53. The molecule has 1 N–H and O–H groups in total. The van der Waals surface area contributed by atoms with Gasteiger partial charge < -0.3 is 5.32 Å². The quantitative estimate of drug-likeness (QED) is 0.667. The van der Waals surface area contributed by atoms with Crippen LogP contribution in [0.25, 0.3) is 0 Å². The highest BCUT2D eigenvalue weighted by Gasteiger charge is 2.38. The van der Waals surface area contributed by atoms with Crippen molar-refractivity contribution in [2.24, 2.45) is 0 Å². The first-order valence-electron chi connectivity index (χ1n) is 5.33. The molecular weight excluding hydrogens is 148 g/mol. The smallest absolute Gasteiger partial charge is 0.0331 e. The van der Waals surface area contributed by atoms with Crippen molar-refractivity contribution in [1.82, 2.24) is 10.2 Å². The Morgan fingerprint density at radius 3 is 2.58 bits per heavy atom. The second kappa shape index (κ2) is 3.35. The molecule has 12 heavy (non-hydrogen) atoms. The maximum atomic E-state index is 3.53. The van der Waals surface area contributed by atoms with E-state index in [2.05, 4.69) is 17.1 Å². The van der Waals surface area contributed by atoms with E-state index in [0.29, 0.717) is 5.54 Å². The molecule has 0 amide bonds. The van der Waals surface area contributed by atoms with E-state index >= 15 is 0 Å². The highest BCUT2D eigenvalue weighted by Crippen LogP contribution is 2.31. The zero-order valence-corrected chi connectivity index (χ0v) is 8.10. The Hall–Kier alpha value is -0.0800. The van der Waals surface area contributed by atoms with E-state index in [1.807, 2.05) is 0 Å². The van der Waals surface area contributed by atoms with Crippen LogP contribution in [0.3, 0.4) is 0 Å². The largest absolute Gasteiger partial charge is 0.315 e. The van der Waals surface area contributed by atoms with Crippen LogP contribution in [0.1, 0.15) is 32.6 Å². The minimum Gasteiger partial charge on any atom is -0.315 e. The van der Waals surface area contributed by atoms with E-state index in [1.54, 1.807) is 0 Å². The van der Waals surface area contributed by atoms with Gasteiger partial charge >= 0.3 is 0 Å². The van der Waals surface area contributed by atoms with Crippen LogP contribution < -0.4 is 5.32 Å². The summed E-state index contributed by atoms with van der Waals surface area (Å²) < 4.78 is 0. The maximum Gasteiger partial charge on any atom is 0.0331 e. The van der Waals surface area contributed by atoms with Crippen LogP contribution in [0.4, 0.5) is 0 Å². The number of piperidine rings is 1. The summed E-state index contributed by atoms with van der Waals surface area (Å²) in [5.74, 6) is 0. The molecule has 2 heteroatoms. The van der Waals surface area contributed by atoms with Gasteiger partial charge in [0.1, 0.15) is 0 Å². The number of likely N-dealkylation sites (tertiary alicyclic amines) is 1. The van der Waals surface area contributed by atoms with Gasteiger partial charge in [-0.15, -0.1) is 0 Å². The Bertz CT molecular complexity index is 146. The van der Waals surface area contributed by atoms with Crippen molar-refractivity contribution in [3.05, 3.63) is 0 Å². The van der Waals surface area contributed by atoms with Crippen molar-refractivity contribution in [2.75, 3.05) is 26.2 Å². The van der Waals surface area contributed by atoms with E-state index < -0.39 is 0 Å². The number of nitrogens with zero attached hydrogens (tertiary/aromatic N) is 1. The lowest BCUT2D eigenvalue weighted by molar-refractivity contribution is 0.00777. The van der Waals surface area contributed by atoms with Gasteiger partial charge in [-0.1, -0.05) is 6.92 Å². The molecular formula is C10H20N2. The van der Waals surface area contributed by atoms with Crippen molar-refractivity contribution in [2.45, 2.75) is 38.1 Å². The Labute approximate surface area is 75.3 Å². The van der Waals surface area contributed by atoms with Gasteiger partial charge in [-0.2, -0.15) is 0 Å². The van der Waals surface area contributed by atoms with Gasteiger partial charge in [0.15, 0.2) is 0 Å². The van der Waals surface area contributed by atoms with Crippen LogP contribution in [0, 0.1) is 0 Å². The number of hydrogen-bond donors (Lipinski definition) is 1. The second-order valence-electron chi connectivity index (χ2n) is 4.20. The molecule has 0 bridgehead atoms. The van der Waals surface area contributed by atoms with Crippen LogP contribution in [0.5, 0.6) is 0 Å². The van der Waals surface area contributed by atoms with Crippen LogP contribution in [-0.2, 0) is 0 Å². The van der Waals surface area contributed by atoms with Crippen molar-refractivity contribution >= 4 is 0 Å². The Morgan fingerprint density at radius 2 is 2.17 bits per heavy atom. The Morgan fingerprint density at radius 1 is 1.33 bits per heavy atom. The summed E-state index contributed by atoms with van der Waals surface area (Å²) in [5.41, 5.74) is 0.538. The van der Waals surface area contributed by atoms with Crippen molar-refractivity contribution < 1.29 is 0 Å². The second-order valence-corrected chi connectivity index (χ2v) is 4.20. The molecule has 2 aliphatic heterocycles. The third-order valence-electron chi connectivity index (χ3n) is 3.63. The highest BCUT2D eigenvalue weighted by atomic mass is 15.3. The van der Waals surface area contributed by atoms with Gasteiger partial charge in [0.05, 0.1) is 0 Å². The third-order valence-corrected chi connectivity index (χ3v) is 3.63. The summed E-state index contributed by atoms with van der Waals surface area (Å²) in [6, 6.07) is 0. The first-order valence-corrected chi connectivity index (χ1v) is 5.33. The molecule has 1 unspecified atom stereocenters. The van der Waals surface area contributed by atoms with Crippen LogP contribution in [-0.4, -0.2) is 36.6 Å². The van der Waals surface area contributed by atoms with Crippen LogP contribution in [0.2, 0.25) is 0 Å². The molecule has 2 aliphatic rings. The molecule has 0 saturated carbocycles. The van der Waals surface area contributed by atoms with E-state index in [-0.39, 0.29) is 0 Å². The zero-order valence-electron chi connectivity index (χ0n) is 8.10. The zero-order chi connectivity index (χ0) is 8.44. The molecule has 2 heterocycles. The maximum absolute atomic E-state index is 3.53. The molecule has 0 spiro atoms. The lowest BCUT2D eigenvalue weighted by atomic mass is 9.83. The van der Waals surface area contributed by atoms with E-state index in [1.165, 1.54) is 51.9 Å². The molecule has 2 saturated heterocycles. The van der Waals surface area contributed by atoms with E-state index in [9.17, 15) is 0 Å². The van der Waals surface area contributed by atoms with Gasteiger partial charge in [-0.25, -0.2) is 0 Å². The van der Waals surface area contributed by atoms with Crippen molar-refractivity contribution in [1.29, 1.82) is 0 Å². The number of rotatable bonds is 2. The average Bonchev–Trinajstić information content (AvgIpc) is 2.03. The first kappa shape index (κ1) is 8.52. The minimum atomic E-state index is 0.538. The molecule has 0 radical (unpaired) electrons. The Kier molecular flexibility index (Phi) is 2.37. The van der Waals surface area contributed by atoms with Gasteiger partial charge in [-0.05, 0) is 45.3 Å². The average molecular weight is 168 g/mol. The molecule has 0 aromatic carbocycles. The summed E-state index contributed by atoms with van der Waals surface area (Å²) in [6.07, 6.45) is 5.52. The fourth-order valence-electron chi connectivity index (χ4n) is 2.54. The fourth-order valence-corrected chi connectivity index (χ4v) is 2.54. The number of nitrogens with one attached hydrogen (secondary N) is 1.